The van der Waals surface area contributed by atoms with E-state index in [0.29, 0.717) is 6.42 Å². The minimum Gasteiger partial charge on any atom is -0.394 e. The van der Waals surface area contributed by atoms with Crippen molar-refractivity contribution in [3.63, 3.8) is 0 Å². The van der Waals surface area contributed by atoms with Gasteiger partial charge in [-0.3, -0.25) is 4.79 Å². The molecule has 0 saturated carbocycles. The van der Waals surface area contributed by atoms with E-state index in [9.17, 15) is 9.90 Å². The molecular weight excluding hydrogens is 204 g/mol. The summed E-state index contributed by atoms with van der Waals surface area (Å²) < 4.78 is 0. The lowest BCUT2D eigenvalue weighted by molar-refractivity contribution is -0.123. The fraction of sp³-hybridized carbons (Fsp3) is 0.417. The number of rotatable bonds is 5. The molecule has 0 saturated heterocycles. The molecule has 0 heterocycles. The van der Waals surface area contributed by atoms with Crippen LogP contribution in [0.1, 0.15) is 24.9 Å². The van der Waals surface area contributed by atoms with Crippen LogP contribution in [0.3, 0.4) is 0 Å². The minimum absolute atomic E-state index is 0.133. The third kappa shape index (κ3) is 3.32. The Morgan fingerprint density at radius 2 is 2.06 bits per heavy atom. The zero-order valence-corrected chi connectivity index (χ0v) is 9.39. The second kappa shape index (κ2) is 6.25. The number of hydrogen-bond donors (Lipinski definition) is 3. The summed E-state index contributed by atoms with van der Waals surface area (Å²) in [7, 11) is 0. The highest BCUT2D eigenvalue weighted by Gasteiger charge is 2.17. The Bertz CT molecular complexity index is 327. The third-order valence-corrected chi connectivity index (χ3v) is 2.48. The van der Waals surface area contributed by atoms with Crippen LogP contribution in [-0.4, -0.2) is 23.7 Å². The Morgan fingerprint density at radius 3 is 2.56 bits per heavy atom. The monoisotopic (exact) mass is 222 g/mol. The molecule has 1 aromatic carbocycles. The molecule has 1 aromatic rings. The van der Waals surface area contributed by atoms with E-state index in [1.54, 1.807) is 0 Å². The van der Waals surface area contributed by atoms with Gasteiger partial charge in [-0.05, 0) is 12.0 Å². The first-order valence-electron chi connectivity index (χ1n) is 5.40. The maximum Gasteiger partial charge on any atom is 0.237 e. The molecule has 16 heavy (non-hydrogen) atoms. The summed E-state index contributed by atoms with van der Waals surface area (Å²) in [5.74, 6) is -0.231. The standard InChI is InChI=1S/C12H18N2O2/c1-2-10(13)12(16)14-11(8-15)9-6-4-3-5-7-9/h3-7,10-11,15H,2,8,13H2,1H3,(H,14,16)/t10?,11-/m0/s1. The molecule has 0 spiro atoms. The van der Waals surface area contributed by atoms with Gasteiger partial charge in [0.05, 0.1) is 18.7 Å². The van der Waals surface area contributed by atoms with E-state index in [1.165, 1.54) is 0 Å². The van der Waals surface area contributed by atoms with Gasteiger partial charge >= 0.3 is 0 Å². The second-order valence-electron chi connectivity index (χ2n) is 3.67. The molecule has 1 unspecified atom stereocenters. The van der Waals surface area contributed by atoms with E-state index in [4.69, 9.17) is 5.73 Å². The summed E-state index contributed by atoms with van der Waals surface area (Å²) in [6, 6.07) is 8.44. The summed E-state index contributed by atoms with van der Waals surface area (Å²) in [6.45, 7) is 1.72. The highest BCUT2D eigenvalue weighted by molar-refractivity contribution is 5.81. The maximum absolute atomic E-state index is 11.6. The lowest BCUT2D eigenvalue weighted by Gasteiger charge is -2.18. The molecule has 0 aliphatic heterocycles. The van der Waals surface area contributed by atoms with Gasteiger partial charge in [-0.1, -0.05) is 37.3 Å². The zero-order valence-electron chi connectivity index (χ0n) is 9.39. The molecule has 88 valence electrons. The number of carbonyl (C=O) groups is 1. The van der Waals surface area contributed by atoms with Crippen molar-refractivity contribution in [1.29, 1.82) is 0 Å². The number of nitrogens with one attached hydrogen (secondary N) is 1. The normalized spacial score (nSPS) is 14.2. The van der Waals surface area contributed by atoms with Crippen molar-refractivity contribution in [2.24, 2.45) is 5.73 Å². The van der Waals surface area contributed by atoms with Crippen LogP contribution < -0.4 is 11.1 Å². The van der Waals surface area contributed by atoms with Gasteiger partial charge in [0, 0.05) is 0 Å². The first-order valence-corrected chi connectivity index (χ1v) is 5.40. The van der Waals surface area contributed by atoms with Crippen molar-refractivity contribution >= 4 is 5.91 Å². The molecule has 0 radical (unpaired) electrons. The largest absolute Gasteiger partial charge is 0.394 e. The van der Waals surface area contributed by atoms with Crippen LogP contribution in [0.5, 0.6) is 0 Å². The molecule has 2 atom stereocenters. The van der Waals surface area contributed by atoms with Crippen molar-refractivity contribution in [1.82, 2.24) is 5.32 Å². The van der Waals surface area contributed by atoms with Gasteiger partial charge in [0.15, 0.2) is 0 Å². The number of amides is 1. The number of hydrogen-bond acceptors (Lipinski definition) is 3. The Hall–Kier alpha value is -1.39. The zero-order chi connectivity index (χ0) is 12.0. The molecule has 0 aromatic heterocycles. The predicted octanol–water partition coefficient (Wildman–Crippen LogP) is 0.573. The van der Waals surface area contributed by atoms with Gasteiger partial charge in [0.2, 0.25) is 5.91 Å². The van der Waals surface area contributed by atoms with Gasteiger partial charge in [-0.25, -0.2) is 0 Å². The molecule has 0 aliphatic rings. The van der Waals surface area contributed by atoms with Gasteiger partial charge in [-0.15, -0.1) is 0 Å². The topological polar surface area (TPSA) is 75.4 Å². The molecule has 0 bridgehead atoms. The van der Waals surface area contributed by atoms with E-state index >= 15 is 0 Å². The summed E-state index contributed by atoms with van der Waals surface area (Å²) in [6.07, 6.45) is 0.582. The molecule has 1 rings (SSSR count). The molecule has 4 N–H and O–H groups in total. The lowest BCUT2D eigenvalue weighted by Crippen LogP contribution is -2.42. The fourth-order valence-corrected chi connectivity index (χ4v) is 1.38. The number of nitrogens with two attached hydrogens (primary N) is 1. The van der Waals surface area contributed by atoms with Crippen molar-refractivity contribution in [2.75, 3.05) is 6.61 Å². The Balaban J connectivity index is 2.66. The first kappa shape index (κ1) is 12.7. The van der Waals surface area contributed by atoms with Crippen LogP contribution in [0.2, 0.25) is 0 Å². The van der Waals surface area contributed by atoms with E-state index in [-0.39, 0.29) is 18.6 Å². The van der Waals surface area contributed by atoms with Crippen LogP contribution in [0, 0.1) is 0 Å². The van der Waals surface area contributed by atoms with Crippen LogP contribution >= 0.6 is 0 Å². The van der Waals surface area contributed by atoms with E-state index in [0.717, 1.165) is 5.56 Å². The van der Waals surface area contributed by atoms with E-state index in [1.807, 2.05) is 37.3 Å². The summed E-state index contributed by atoms with van der Waals surface area (Å²) in [5, 5.41) is 11.9. The Morgan fingerprint density at radius 1 is 1.44 bits per heavy atom. The minimum atomic E-state index is -0.516. The predicted molar refractivity (Wildman–Crippen MR) is 62.7 cm³/mol. The van der Waals surface area contributed by atoms with Crippen molar-refractivity contribution in [3.8, 4) is 0 Å². The Kier molecular flexibility index (Phi) is 4.95. The van der Waals surface area contributed by atoms with Crippen molar-refractivity contribution in [2.45, 2.75) is 25.4 Å². The van der Waals surface area contributed by atoms with E-state index in [2.05, 4.69) is 5.32 Å². The average Bonchev–Trinajstić information content (AvgIpc) is 2.35. The molecular formula is C12H18N2O2. The van der Waals surface area contributed by atoms with Crippen LogP contribution in [-0.2, 0) is 4.79 Å². The van der Waals surface area contributed by atoms with Crippen molar-refractivity contribution < 1.29 is 9.90 Å². The maximum atomic E-state index is 11.6. The van der Waals surface area contributed by atoms with Crippen LogP contribution in [0.25, 0.3) is 0 Å². The van der Waals surface area contributed by atoms with Crippen LogP contribution in [0.4, 0.5) is 0 Å². The number of carbonyl (C=O) groups excluding carboxylic acids is 1. The fourth-order valence-electron chi connectivity index (χ4n) is 1.38. The lowest BCUT2D eigenvalue weighted by atomic mass is 10.1. The van der Waals surface area contributed by atoms with Crippen LogP contribution in [0.15, 0.2) is 30.3 Å². The van der Waals surface area contributed by atoms with Gasteiger partial charge < -0.3 is 16.2 Å². The van der Waals surface area contributed by atoms with Gasteiger partial charge in [0.1, 0.15) is 0 Å². The number of benzene rings is 1. The molecule has 1 amide bonds. The molecule has 0 aliphatic carbocycles. The highest BCUT2D eigenvalue weighted by atomic mass is 16.3. The Labute approximate surface area is 95.5 Å². The first-order chi connectivity index (χ1) is 7.69. The molecule has 4 nitrogen and oxygen atoms in total. The quantitative estimate of drug-likeness (QED) is 0.682. The average molecular weight is 222 g/mol. The molecule has 0 fully saturated rings. The van der Waals surface area contributed by atoms with Gasteiger partial charge in [-0.2, -0.15) is 0 Å². The van der Waals surface area contributed by atoms with Crippen molar-refractivity contribution in [3.05, 3.63) is 35.9 Å². The third-order valence-electron chi connectivity index (χ3n) is 2.48. The summed E-state index contributed by atoms with van der Waals surface area (Å²) in [5.41, 5.74) is 6.48. The van der Waals surface area contributed by atoms with E-state index < -0.39 is 6.04 Å². The molecule has 4 heteroatoms. The smallest absolute Gasteiger partial charge is 0.237 e. The number of aliphatic hydroxyl groups excluding tert-OH is 1. The number of aliphatic hydroxyl groups is 1. The SMILES string of the molecule is CCC(N)C(=O)N[C@@H](CO)c1ccccc1. The van der Waals surface area contributed by atoms with Gasteiger partial charge in [0.25, 0.3) is 0 Å². The summed E-state index contributed by atoms with van der Waals surface area (Å²) >= 11 is 0. The summed E-state index contributed by atoms with van der Waals surface area (Å²) in [4.78, 5) is 11.6. The second-order valence-corrected chi connectivity index (χ2v) is 3.67. The highest BCUT2D eigenvalue weighted by Crippen LogP contribution is 2.11.